The van der Waals surface area contributed by atoms with Gasteiger partial charge in [-0.05, 0) is 20.8 Å². The van der Waals surface area contributed by atoms with Gasteiger partial charge < -0.3 is 4.74 Å². The first-order chi connectivity index (χ1) is 7.47. The van der Waals surface area contributed by atoms with Crippen LogP contribution >= 0.6 is 0 Å². The van der Waals surface area contributed by atoms with Crippen LogP contribution in [-0.2, 0) is 14.5 Å². The Morgan fingerprint density at radius 2 is 2.00 bits per heavy atom. The molecule has 0 aromatic carbocycles. The molecule has 1 heterocycles. The van der Waals surface area contributed by atoms with Gasteiger partial charge in [0.2, 0.25) is 0 Å². The van der Waals surface area contributed by atoms with Crippen molar-refractivity contribution in [1.29, 1.82) is 0 Å². The van der Waals surface area contributed by atoms with E-state index in [-0.39, 0.29) is 6.61 Å². The highest BCUT2D eigenvalue weighted by molar-refractivity contribution is 7.93. The lowest BCUT2D eigenvalue weighted by atomic mass is 10.3. The lowest BCUT2D eigenvalue weighted by molar-refractivity contribution is 0.164. The summed E-state index contributed by atoms with van der Waals surface area (Å²) < 4.78 is 20.5. The second kappa shape index (κ2) is 5.63. The largest absolute Gasteiger partial charge is 0.448 e. The van der Waals surface area contributed by atoms with Crippen LogP contribution in [0.15, 0.2) is 4.36 Å². The number of amides is 1. The molecule has 6 heteroatoms. The number of hydrogen-bond donors (Lipinski definition) is 0. The van der Waals surface area contributed by atoms with Crippen LogP contribution < -0.4 is 0 Å². The average molecular weight is 248 g/mol. The number of nitrogens with zero attached hydrogens (tertiary/aromatic N) is 2. The molecule has 1 saturated heterocycles. The van der Waals surface area contributed by atoms with Crippen LogP contribution in [0.25, 0.3) is 0 Å². The second-order valence-corrected chi connectivity index (χ2v) is 6.64. The Morgan fingerprint density at radius 1 is 1.44 bits per heavy atom. The molecule has 0 spiro atoms. The highest BCUT2D eigenvalue weighted by Crippen LogP contribution is 2.10. The zero-order valence-corrected chi connectivity index (χ0v) is 11.0. The smallest absolute Gasteiger partial charge is 0.441 e. The highest BCUT2D eigenvalue weighted by atomic mass is 32.2. The molecule has 0 aromatic rings. The molecule has 0 aliphatic carbocycles. The van der Waals surface area contributed by atoms with E-state index >= 15 is 0 Å². The average Bonchev–Trinajstić information content (AvgIpc) is 2.17. The molecule has 94 valence electrons. The maximum absolute atomic E-state index is 12.2. The second-order valence-electron chi connectivity index (χ2n) is 4.10. The topological polar surface area (TPSA) is 59.0 Å². The zero-order chi connectivity index (χ0) is 12.2. The summed E-state index contributed by atoms with van der Waals surface area (Å²) in [5.41, 5.74) is 0. The van der Waals surface area contributed by atoms with E-state index in [2.05, 4.69) is 27.8 Å². The first-order valence-electron chi connectivity index (χ1n) is 5.60. The predicted octanol–water partition coefficient (Wildman–Crippen LogP) is 1.33. The van der Waals surface area contributed by atoms with E-state index in [0.29, 0.717) is 17.5 Å². The Bertz CT molecular complexity index is 345. The van der Waals surface area contributed by atoms with Gasteiger partial charge in [0.1, 0.15) is 0 Å². The molecule has 0 N–H and O–H groups in total. The van der Waals surface area contributed by atoms with Gasteiger partial charge in [-0.15, -0.1) is 4.36 Å². The molecule has 1 rings (SSSR count). The van der Waals surface area contributed by atoms with Crippen LogP contribution in [0.2, 0.25) is 0 Å². The van der Waals surface area contributed by atoms with E-state index < -0.39 is 15.8 Å². The van der Waals surface area contributed by atoms with Crippen LogP contribution in [0.4, 0.5) is 4.79 Å². The highest BCUT2D eigenvalue weighted by Gasteiger charge is 2.23. The Kier molecular flexibility index (Phi) is 4.73. The summed E-state index contributed by atoms with van der Waals surface area (Å²) in [5, 5.41) is 0. The fourth-order valence-corrected chi connectivity index (χ4v) is 3.38. The van der Waals surface area contributed by atoms with Crippen molar-refractivity contribution in [1.82, 2.24) is 4.90 Å². The van der Waals surface area contributed by atoms with Gasteiger partial charge in [-0.25, -0.2) is 9.00 Å². The maximum Gasteiger partial charge on any atom is 0.441 e. The van der Waals surface area contributed by atoms with Crippen LogP contribution in [0.3, 0.4) is 0 Å². The van der Waals surface area contributed by atoms with Gasteiger partial charge >= 0.3 is 6.09 Å². The molecular weight excluding hydrogens is 228 g/mol. The quantitative estimate of drug-likeness (QED) is 0.740. The van der Waals surface area contributed by atoms with Gasteiger partial charge in [0.05, 0.1) is 16.3 Å². The molecule has 5 nitrogen and oxygen atoms in total. The molecule has 1 aliphatic heterocycles. The van der Waals surface area contributed by atoms with E-state index in [9.17, 15) is 9.00 Å². The molecule has 0 radical (unpaired) electrons. The summed E-state index contributed by atoms with van der Waals surface area (Å²) >= 11 is 0. The van der Waals surface area contributed by atoms with Crippen LogP contribution in [0.1, 0.15) is 20.8 Å². The number of ether oxygens (including phenoxy) is 1. The minimum atomic E-state index is -2.37. The third-order valence-electron chi connectivity index (χ3n) is 2.63. The van der Waals surface area contributed by atoms with Crippen molar-refractivity contribution in [3.63, 3.8) is 0 Å². The summed E-state index contributed by atoms with van der Waals surface area (Å²) in [6.45, 7) is 7.67. The summed E-state index contributed by atoms with van der Waals surface area (Å²) in [5.74, 6) is 0.925. The summed E-state index contributed by atoms with van der Waals surface area (Å²) in [4.78, 5) is 13.4. The van der Waals surface area contributed by atoms with Gasteiger partial charge in [-0.3, -0.25) is 4.90 Å². The molecule has 1 fully saturated rings. The molecular formula is C10H20N2O3S. The lowest BCUT2D eigenvalue weighted by Gasteiger charge is -2.31. The van der Waals surface area contributed by atoms with Gasteiger partial charge in [-0.2, -0.15) is 0 Å². The van der Waals surface area contributed by atoms with E-state index in [4.69, 9.17) is 0 Å². The van der Waals surface area contributed by atoms with Crippen molar-refractivity contribution in [2.45, 2.75) is 26.8 Å². The molecule has 1 amide bonds. The van der Waals surface area contributed by atoms with Crippen molar-refractivity contribution in [2.24, 2.45) is 4.36 Å². The van der Waals surface area contributed by atoms with E-state index in [1.165, 1.54) is 0 Å². The maximum atomic E-state index is 12.2. The fraction of sp³-hybridized carbons (Fsp3) is 0.900. The zero-order valence-electron chi connectivity index (χ0n) is 10.1. The lowest BCUT2D eigenvalue weighted by Crippen LogP contribution is -2.43. The summed E-state index contributed by atoms with van der Waals surface area (Å²) in [7, 11) is -2.37. The predicted molar refractivity (Wildman–Crippen MR) is 64.0 cm³/mol. The third-order valence-corrected chi connectivity index (χ3v) is 4.76. The van der Waals surface area contributed by atoms with Crippen molar-refractivity contribution in [3.05, 3.63) is 0 Å². The SMILES string of the molecule is CCOC(=O)N=S1(=O)CCN(C(C)C)CC1. The van der Waals surface area contributed by atoms with Gasteiger partial charge in [-0.1, -0.05) is 0 Å². The van der Waals surface area contributed by atoms with Gasteiger partial charge in [0, 0.05) is 30.6 Å². The Morgan fingerprint density at radius 3 is 2.44 bits per heavy atom. The molecule has 0 bridgehead atoms. The monoisotopic (exact) mass is 248 g/mol. The first-order valence-corrected chi connectivity index (χ1v) is 7.45. The Hall–Kier alpha value is -0.620. The van der Waals surface area contributed by atoms with E-state index in [0.717, 1.165) is 13.1 Å². The molecule has 0 atom stereocenters. The standard InChI is InChI=1S/C10H20N2O3S/c1-4-15-10(13)11-16(14)7-5-12(6-8-16)9(2)3/h9H,4-8H2,1-3H3. The Labute approximate surface area is 97.3 Å². The third kappa shape index (κ3) is 3.75. The van der Waals surface area contributed by atoms with Crippen molar-refractivity contribution in [2.75, 3.05) is 31.2 Å². The first kappa shape index (κ1) is 13.4. The molecule has 16 heavy (non-hydrogen) atoms. The minimum absolute atomic E-state index is 0.274. The van der Waals surface area contributed by atoms with Crippen LogP contribution in [-0.4, -0.2) is 52.4 Å². The number of carbonyl (C=O) groups is 1. The fourth-order valence-electron chi connectivity index (χ4n) is 1.63. The molecule has 0 aromatic heterocycles. The Balaban J connectivity index is 2.63. The number of carbonyl (C=O) groups excluding carboxylic acids is 1. The van der Waals surface area contributed by atoms with Crippen molar-refractivity contribution in [3.8, 4) is 0 Å². The van der Waals surface area contributed by atoms with Crippen LogP contribution in [0, 0.1) is 0 Å². The van der Waals surface area contributed by atoms with Crippen LogP contribution in [0.5, 0.6) is 0 Å². The minimum Gasteiger partial charge on any atom is -0.448 e. The summed E-state index contributed by atoms with van der Waals surface area (Å²) in [6.07, 6.45) is -0.689. The number of rotatable bonds is 2. The van der Waals surface area contributed by atoms with E-state index in [1.54, 1.807) is 6.92 Å². The summed E-state index contributed by atoms with van der Waals surface area (Å²) in [6, 6.07) is 0.451. The van der Waals surface area contributed by atoms with Crippen molar-refractivity contribution >= 4 is 15.8 Å². The molecule has 0 unspecified atom stereocenters. The number of hydrogen-bond acceptors (Lipinski definition) is 4. The molecule has 0 saturated carbocycles. The molecule has 1 aliphatic rings. The van der Waals surface area contributed by atoms with Gasteiger partial charge in [0.25, 0.3) is 0 Å². The van der Waals surface area contributed by atoms with Crippen molar-refractivity contribution < 1.29 is 13.7 Å². The van der Waals surface area contributed by atoms with Gasteiger partial charge in [0.15, 0.2) is 0 Å². The van der Waals surface area contributed by atoms with E-state index in [1.807, 2.05) is 0 Å². The normalized spacial score (nSPS) is 20.8.